The summed E-state index contributed by atoms with van der Waals surface area (Å²) in [6.45, 7) is 4.83. The van der Waals surface area contributed by atoms with E-state index in [1.54, 1.807) is 7.11 Å². The maximum Gasteiger partial charge on any atom is 0.124 e. The van der Waals surface area contributed by atoms with Gasteiger partial charge in [-0.05, 0) is 31.5 Å². The maximum absolute atomic E-state index is 5.55. The summed E-state index contributed by atoms with van der Waals surface area (Å²) in [5.41, 5.74) is 2.23. The number of anilines is 1. The van der Waals surface area contributed by atoms with E-state index in [4.69, 9.17) is 9.47 Å². The normalized spacial score (nSPS) is 11.8. The molecule has 21 heavy (non-hydrogen) atoms. The lowest BCUT2D eigenvalue weighted by atomic mass is 10.0. The van der Waals surface area contributed by atoms with Gasteiger partial charge in [-0.25, -0.2) is 0 Å². The third kappa shape index (κ3) is 3.91. The Bertz CT molecular complexity index is 569. The number of methoxy groups -OCH3 is 1. The van der Waals surface area contributed by atoms with Crippen molar-refractivity contribution in [3.8, 4) is 11.5 Å². The van der Waals surface area contributed by atoms with Gasteiger partial charge in [-0.15, -0.1) is 0 Å². The molecular weight excluding hydrogens is 262 g/mol. The standard InChI is InChI=1S/C18H23NO2/c1-4-17(16-11-6-7-12-18(16)20-3)19-14-9-8-10-15(13-14)21-5-2/h6-13,17,19H,4-5H2,1-3H3. The van der Waals surface area contributed by atoms with Crippen molar-refractivity contribution in [1.29, 1.82) is 0 Å². The van der Waals surface area contributed by atoms with Crippen LogP contribution in [-0.2, 0) is 0 Å². The summed E-state index contributed by atoms with van der Waals surface area (Å²) in [6, 6.07) is 16.4. The number of benzene rings is 2. The van der Waals surface area contributed by atoms with Crippen LogP contribution >= 0.6 is 0 Å². The van der Waals surface area contributed by atoms with Crippen LogP contribution in [0.1, 0.15) is 31.9 Å². The predicted molar refractivity (Wildman–Crippen MR) is 87.3 cm³/mol. The number of ether oxygens (including phenoxy) is 2. The molecule has 2 aromatic rings. The molecule has 0 radical (unpaired) electrons. The van der Waals surface area contributed by atoms with Crippen molar-refractivity contribution in [2.24, 2.45) is 0 Å². The van der Waals surface area contributed by atoms with Crippen molar-refractivity contribution < 1.29 is 9.47 Å². The fourth-order valence-electron chi connectivity index (χ4n) is 2.40. The molecule has 1 atom stereocenters. The molecule has 0 bridgehead atoms. The molecule has 0 aliphatic rings. The summed E-state index contributed by atoms with van der Waals surface area (Å²) in [6.07, 6.45) is 0.971. The Kier molecular flexibility index (Phi) is 5.50. The van der Waals surface area contributed by atoms with E-state index in [0.717, 1.165) is 23.6 Å². The monoisotopic (exact) mass is 285 g/mol. The van der Waals surface area contributed by atoms with Gasteiger partial charge in [0.25, 0.3) is 0 Å². The van der Waals surface area contributed by atoms with Crippen LogP contribution in [-0.4, -0.2) is 13.7 Å². The van der Waals surface area contributed by atoms with Crippen LogP contribution in [0, 0.1) is 0 Å². The second-order valence-electron chi connectivity index (χ2n) is 4.81. The van der Waals surface area contributed by atoms with E-state index >= 15 is 0 Å². The van der Waals surface area contributed by atoms with Gasteiger partial charge in [-0.3, -0.25) is 0 Å². The molecule has 0 saturated heterocycles. The molecule has 0 heterocycles. The van der Waals surface area contributed by atoms with E-state index in [0.29, 0.717) is 6.61 Å². The highest BCUT2D eigenvalue weighted by atomic mass is 16.5. The zero-order valence-electron chi connectivity index (χ0n) is 12.9. The Balaban J connectivity index is 2.20. The summed E-state index contributed by atoms with van der Waals surface area (Å²) in [5, 5.41) is 3.56. The summed E-state index contributed by atoms with van der Waals surface area (Å²) in [7, 11) is 1.71. The quantitative estimate of drug-likeness (QED) is 0.802. The van der Waals surface area contributed by atoms with Gasteiger partial charge in [0.2, 0.25) is 0 Å². The average molecular weight is 285 g/mol. The molecule has 2 aromatic carbocycles. The van der Waals surface area contributed by atoms with Crippen molar-refractivity contribution >= 4 is 5.69 Å². The summed E-state index contributed by atoms with van der Waals surface area (Å²) in [4.78, 5) is 0. The molecule has 0 aliphatic carbocycles. The topological polar surface area (TPSA) is 30.5 Å². The van der Waals surface area contributed by atoms with E-state index in [2.05, 4.69) is 24.4 Å². The maximum atomic E-state index is 5.55. The molecule has 3 heteroatoms. The number of hydrogen-bond donors (Lipinski definition) is 1. The van der Waals surface area contributed by atoms with E-state index in [1.807, 2.05) is 43.3 Å². The second kappa shape index (κ2) is 7.58. The summed E-state index contributed by atoms with van der Waals surface area (Å²) >= 11 is 0. The molecule has 1 N–H and O–H groups in total. The fourth-order valence-corrected chi connectivity index (χ4v) is 2.40. The Morgan fingerprint density at radius 1 is 1.05 bits per heavy atom. The average Bonchev–Trinajstić information content (AvgIpc) is 2.53. The Morgan fingerprint density at radius 3 is 2.57 bits per heavy atom. The highest BCUT2D eigenvalue weighted by Crippen LogP contribution is 2.30. The lowest BCUT2D eigenvalue weighted by molar-refractivity contribution is 0.340. The van der Waals surface area contributed by atoms with Crippen LogP contribution in [0.3, 0.4) is 0 Å². The van der Waals surface area contributed by atoms with Gasteiger partial charge in [-0.2, -0.15) is 0 Å². The van der Waals surface area contributed by atoms with Crippen molar-refractivity contribution in [2.75, 3.05) is 19.0 Å². The zero-order chi connectivity index (χ0) is 15.1. The lowest BCUT2D eigenvalue weighted by Gasteiger charge is -2.21. The third-order valence-electron chi connectivity index (χ3n) is 3.41. The van der Waals surface area contributed by atoms with Crippen LogP contribution in [0.5, 0.6) is 11.5 Å². The highest BCUT2D eigenvalue weighted by molar-refractivity contribution is 5.51. The van der Waals surface area contributed by atoms with Gasteiger partial charge in [0.1, 0.15) is 11.5 Å². The van der Waals surface area contributed by atoms with E-state index in [1.165, 1.54) is 5.56 Å². The van der Waals surface area contributed by atoms with Crippen molar-refractivity contribution in [1.82, 2.24) is 0 Å². The molecule has 0 spiro atoms. The number of rotatable bonds is 7. The molecule has 0 aliphatic heterocycles. The zero-order valence-corrected chi connectivity index (χ0v) is 12.9. The van der Waals surface area contributed by atoms with Gasteiger partial charge >= 0.3 is 0 Å². The van der Waals surface area contributed by atoms with E-state index in [-0.39, 0.29) is 6.04 Å². The van der Waals surface area contributed by atoms with Gasteiger partial charge in [0.15, 0.2) is 0 Å². The predicted octanol–water partition coefficient (Wildman–Crippen LogP) is 4.66. The molecule has 3 nitrogen and oxygen atoms in total. The minimum Gasteiger partial charge on any atom is -0.496 e. The van der Waals surface area contributed by atoms with Crippen LogP contribution in [0.4, 0.5) is 5.69 Å². The molecule has 0 fully saturated rings. The third-order valence-corrected chi connectivity index (χ3v) is 3.41. The molecular formula is C18H23NO2. The summed E-state index contributed by atoms with van der Waals surface area (Å²) in [5.74, 6) is 1.80. The fraction of sp³-hybridized carbons (Fsp3) is 0.333. The van der Waals surface area contributed by atoms with Crippen LogP contribution in [0.25, 0.3) is 0 Å². The summed E-state index contributed by atoms with van der Waals surface area (Å²) < 4.78 is 11.0. The minimum atomic E-state index is 0.207. The Morgan fingerprint density at radius 2 is 1.86 bits per heavy atom. The first-order valence-corrected chi connectivity index (χ1v) is 7.40. The largest absolute Gasteiger partial charge is 0.496 e. The van der Waals surface area contributed by atoms with Crippen molar-refractivity contribution in [3.63, 3.8) is 0 Å². The smallest absolute Gasteiger partial charge is 0.124 e. The Hall–Kier alpha value is -2.16. The van der Waals surface area contributed by atoms with Gasteiger partial charge < -0.3 is 14.8 Å². The van der Waals surface area contributed by atoms with Gasteiger partial charge in [0, 0.05) is 17.3 Å². The van der Waals surface area contributed by atoms with Crippen LogP contribution in [0.2, 0.25) is 0 Å². The first-order chi connectivity index (χ1) is 10.3. The van der Waals surface area contributed by atoms with Crippen LogP contribution in [0.15, 0.2) is 48.5 Å². The number of nitrogens with one attached hydrogen (secondary N) is 1. The van der Waals surface area contributed by atoms with Crippen molar-refractivity contribution in [3.05, 3.63) is 54.1 Å². The SMILES string of the molecule is CCOc1cccc(NC(CC)c2ccccc2OC)c1. The van der Waals surface area contributed by atoms with Gasteiger partial charge in [-0.1, -0.05) is 31.2 Å². The van der Waals surface area contributed by atoms with E-state index < -0.39 is 0 Å². The molecule has 0 amide bonds. The highest BCUT2D eigenvalue weighted by Gasteiger charge is 2.13. The lowest BCUT2D eigenvalue weighted by Crippen LogP contribution is -2.11. The molecule has 0 saturated carbocycles. The number of hydrogen-bond acceptors (Lipinski definition) is 3. The van der Waals surface area contributed by atoms with Crippen LogP contribution < -0.4 is 14.8 Å². The molecule has 1 unspecified atom stereocenters. The Labute approximate surface area is 126 Å². The van der Waals surface area contributed by atoms with E-state index in [9.17, 15) is 0 Å². The van der Waals surface area contributed by atoms with Crippen molar-refractivity contribution in [2.45, 2.75) is 26.3 Å². The second-order valence-corrected chi connectivity index (χ2v) is 4.81. The minimum absolute atomic E-state index is 0.207. The first-order valence-electron chi connectivity index (χ1n) is 7.40. The van der Waals surface area contributed by atoms with Gasteiger partial charge in [0.05, 0.1) is 19.8 Å². The molecule has 2 rings (SSSR count). The molecule has 112 valence electrons. The first kappa shape index (κ1) is 15.2. The molecule has 0 aromatic heterocycles. The number of para-hydroxylation sites is 1.